The quantitative estimate of drug-likeness (QED) is 0.691. The molecule has 0 N–H and O–H groups in total. The number of nitrogens with zero attached hydrogens (tertiary/aromatic N) is 5. The first-order chi connectivity index (χ1) is 12.1. The molecule has 3 aromatic rings. The number of pyridine rings is 1. The number of aryl methyl sites for hydroxylation is 1. The molecule has 3 rings (SSSR count). The third-order valence-corrected chi connectivity index (χ3v) is 4.89. The van der Waals surface area contributed by atoms with Crippen LogP contribution < -0.4 is 5.69 Å². The van der Waals surface area contributed by atoms with Gasteiger partial charge in [-0.15, -0.1) is 11.3 Å². The monoisotopic (exact) mass is 385 g/mol. The van der Waals surface area contributed by atoms with Gasteiger partial charge in [0, 0.05) is 39.1 Å². The minimum atomic E-state index is -4.52. The Labute approximate surface area is 149 Å². The first-order valence-corrected chi connectivity index (χ1v) is 8.20. The summed E-state index contributed by atoms with van der Waals surface area (Å²) >= 11 is 0.492. The molecule has 0 atom stereocenters. The van der Waals surface area contributed by atoms with E-state index in [9.17, 15) is 22.8 Å². The second-order valence-electron chi connectivity index (χ2n) is 5.81. The average Bonchev–Trinajstić information content (AvgIpc) is 3.15. The number of alkyl halides is 3. The van der Waals surface area contributed by atoms with E-state index in [2.05, 4.69) is 9.97 Å². The Morgan fingerprint density at radius 1 is 1.27 bits per heavy atom. The molecule has 0 unspecified atom stereocenters. The van der Waals surface area contributed by atoms with E-state index in [0.717, 1.165) is 6.20 Å². The molecule has 26 heavy (non-hydrogen) atoms. The van der Waals surface area contributed by atoms with Gasteiger partial charge in [-0.2, -0.15) is 13.2 Å². The van der Waals surface area contributed by atoms with Crippen LogP contribution in [-0.2, 0) is 24.6 Å². The van der Waals surface area contributed by atoms with Crippen molar-refractivity contribution >= 4 is 28.4 Å². The lowest BCUT2D eigenvalue weighted by Gasteiger charge is -2.10. The predicted octanol–water partition coefficient (Wildman–Crippen LogP) is 1.97. The lowest BCUT2D eigenvalue weighted by molar-refractivity contribution is -0.137. The van der Waals surface area contributed by atoms with E-state index in [0.29, 0.717) is 28.1 Å². The summed E-state index contributed by atoms with van der Waals surface area (Å²) in [6, 6.07) is 1.54. The summed E-state index contributed by atoms with van der Waals surface area (Å²) < 4.78 is 40.8. The molecule has 0 bridgehead atoms. The first-order valence-electron chi connectivity index (χ1n) is 7.38. The van der Waals surface area contributed by atoms with Gasteiger partial charge < -0.3 is 4.90 Å². The molecule has 7 nitrogen and oxygen atoms in total. The lowest BCUT2D eigenvalue weighted by atomic mass is 10.2. The second kappa shape index (κ2) is 6.24. The molecule has 0 spiro atoms. The Hall–Kier alpha value is -2.69. The maximum Gasteiger partial charge on any atom is 0.443 e. The van der Waals surface area contributed by atoms with E-state index in [-0.39, 0.29) is 17.3 Å². The van der Waals surface area contributed by atoms with Crippen molar-refractivity contribution in [1.29, 1.82) is 0 Å². The maximum absolute atomic E-state index is 12.8. The van der Waals surface area contributed by atoms with Gasteiger partial charge in [-0.25, -0.2) is 14.8 Å². The molecule has 11 heteroatoms. The standard InChI is InChI=1S/C15H14F3N5O2S/c1-21(2)11(24)7-23-9-4-8(5-19-12(9)22(3)14(23)25)10-6-20-13(26-10)15(16,17)18/h4-6H,7H2,1-3H3. The van der Waals surface area contributed by atoms with Crippen molar-refractivity contribution in [2.45, 2.75) is 12.7 Å². The summed E-state index contributed by atoms with van der Waals surface area (Å²) in [5.41, 5.74) is 0.667. The number of halogens is 3. The summed E-state index contributed by atoms with van der Waals surface area (Å²) in [6.07, 6.45) is -2.02. The van der Waals surface area contributed by atoms with Gasteiger partial charge in [-0.05, 0) is 6.07 Å². The van der Waals surface area contributed by atoms with Crippen molar-refractivity contribution in [2.75, 3.05) is 14.1 Å². The molecule has 1 amide bonds. The van der Waals surface area contributed by atoms with Gasteiger partial charge in [0.05, 0.1) is 10.4 Å². The largest absolute Gasteiger partial charge is 0.443 e. The van der Waals surface area contributed by atoms with Crippen molar-refractivity contribution < 1.29 is 18.0 Å². The molecule has 0 radical (unpaired) electrons. The summed E-state index contributed by atoms with van der Waals surface area (Å²) in [5.74, 6) is -0.290. The zero-order chi connectivity index (χ0) is 19.2. The topological polar surface area (TPSA) is 73.0 Å². The maximum atomic E-state index is 12.8. The average molecular weight is 385 g/mol. The van der Waals surface area contributed by atoms with E-state index in [4.69, 9.17) is 0 Å². The zero-order valence-electron chi connectivity index (χ0n) is 14.0. The number of amides is 1. The van der Waals surface area contributed by atoms with Crippen LogP contribution >= 0.6 is 11.3 Å². The van der Waals surface area contributed by atoms with Gasteiger partial charge in [0.2, 0.25) is 5.91 Å². The molecule has 3 aromatic heterocycles. The van der Waals surface area contributed by atoms with Crippen LogP contribution in [0.3, 0.4) is 0 Å². The number of carbonyl (C=O) groups excluding carboxylic acids is 1. The summed E-state index contributed by atoms with van der Waals surface area (Å²) in [5, 5.41) is -0.958. The summed E-state index contributed by atoms with van der Waals surface area (Å²) in [4.78, 5) is 33.6. The minimum absolute atomic E-state index is 0.190. The number of aromatic nitrogens is 4. The molecule has 0 fully saturated rings. The number of imidazole rings is 1. The van der Waals surface area contributed by atoms with Gasteiger partial charge in [0.15, 0.2) is 10.7 Å². The molecule has 138 valence electrons. The van der Waals surface area contributed by atoms with E-state index >= 15 is 0 Å². The van der Waals surface area contributed by atoms with Crippen LogP contribution in [0, 0.1) is 0 Å². The van der Waals surface area contributed by atoms with Crippen LogP contribution in [0.1, 0.15) is 5.01 Å². The normalized spacial score (nSPS) is 11.9. The fraction of sp³-hybridized carbons (Fsp3) is 0.333. The van der Waals surface area contributed by atoms with Crippen molar-refractivity contribution in [3.8, 4) is 10.4 Å². The number of rotatable bonds is 3. The smallest absolute Gasteiger partial charge is 0.347 e. The number of hydrogen-bond donors (Lipinski definition) is 0. The molecule has 3 heterocycles. The van der Waals surface area contributed by atoms with Gasteiger partial charge >= 0.3 is 11.9 Å². The number of hydrogen-bond acceptors (Lipinski definition) is 5. The Morgan fingerprint density at radius 2 is 1.96 bits per heavy atom. The molecule has 0 saturated heterocycles. The summed E-state index contributed by atoms with van der Waals surface area (Å²) in [6.45, 7) is -0.190. The van der Waals surface area contributed by atoms with Crippen LogP contribution in [0.15, 0.2) is 23.3 Å². The first kappa shape index (κ1) is 18.1. The second-order valence-corrected chi connectivity index (χ2v) is 6.84. The van der Waals surface area contributed by atoms with Crippen LogP contribution in [0.4, 0.5) is 13.2 Å². The number of thiazole rings is 1. The Kier molecular flexibility index (Phi) is 4.34. The van der Waals surface area contributed by atoms with Crippen LogP contribution in [-0.4, -0.2) is 44.0 Å². The number of carbonyl (C=O) groups is 1. The van der Waals surface area contributed by atoms with Crippen molar-refractivity contribution in [1.82, 2.24) is 24.0 Å². The predicted molar refractivity (Wildman–Crippen MR) is 89.8 cm³/mol. The van der Waals surface area contributed by atoms with E-state index in [1.807, 2.05) is 0 Å². The third-order valence-electron chi connectivity index (χ3n) is 3.80. The minimum Gasteiger partial charge on any atom is -0.347 e. The third kappa shape index (κ3) is 3.09. The van der Waals surface area contributed by atoms with Gasteiger partial charge in [0.1, 0.15) is 6.54 Å². The molecule has 0 aromatic carbocycles. The Bertz CT molecular complexity index is 1050. The van der Waals surface area contributed by atoms with Crippen molar-refractivity contribution in [3.63, 3.8) is 0 Å². The fourth-order valence-corrected chi connectivity index (χ4v) is 3.14. The van der Waals surface area contributed by atoms with Crippen LogP contribution in [0.25, 0.3) is 21.6 Å². The van der Waals surface area contributed by atoms with Crippen LogP contribution in [0.5, 0.6) is 0 Å². The Balaban J connectivity index is 2.12. The molecule has 0 aliphatic carbocycles. The molecular formula is C15H14F3N5O2S. The van der Waals surface area contributed by atoms with E-state index in [1.165, 1.54) is 27.3 Å². The van der Waals surface area contributed by atoms with Crippen molar-refractivity contribution in [3.05, 3.63) is 34.0 Å². The van der Waals surface area contributed by atoms with Gasteiger partial charge in [-0.1, -0.05) is 0 Å². The highest BCUT2D eigenvalue weighted by Crippen LogP contribution is 2.36. The van der Waals surface area contributed by atoms with Crippen LogP contribution in [0.2, 0.25) is 0 Å². The number of fused-ring (bicyclic) bond motifs is 1. The van der Waals surface area contributed by atoms with Crippen molar-refractivity contribution in [2.24, 2.45) is 7.05 Å². The fourth-order valence-electron chi connectivity index (χ4n) is 2.38. The van der Waals surface area contributed by atoms with E-state index in [1.54, 1.807) is 20.2 Å². The highest BCUT2D eigenvalue weighted by Gasteiger charge is 2.34. The molecule has 0 aliphatic rings. The molecule has 0 saturated carbocycles. The highest BCUT2D eigenvalue weighted by molar-refractivity contribution is 7.15. The highest BCUT2D eigenvalue weighted by atomic mass is 32.1. The molecular weight excluding hydrogens is 371 g/mol. The lowest BCUT2D eigenvalue weighted by Crippen LogP contribution is -2.31. The zero-order valence-corrected chi connectivity index (χ0v) is 14.9. The van der Waals surface area contributed by atoms with E-state index < -0.39 is 16.9 Å². The molecule has 0 aliphatic heterocycles. The SMILES string of the molecule is CN(C)C(=O)Cn1c(=O)n(C)c2ncc(-c3cnc(C(F)(F)F)s3)cc21. The Morgan fingerprint density at radius 3 is 2.54 bits per heavy atom. The van der Waals surface area contributed by atoms with Gasteiger partial charge in [-0.3, -0.25) is 13.9 Å². The summed E-state index contributed by atoms with van der Waals surface area (Å²) in [7, 11) is 4.65. The van der Waals surface area contributed by atoms with Gasteiger partial charge in [0.25, 0.3) is 0 Å². The number of likely N-dealkylation sites (N-methyl/N-ethyl adjacent to an activating group) is 1.